The van der Waals surface area contributed by atoms with E-state index in [0.29, 0.717) is 0 Å². The Morgan fingerprint density at radius 3 is 2.85 bits per heavy atom. The van der Waals surface area contributed by atoms with E-state index in [-0.39, 0.29) is 36.2 Å². The van der Waals surface area contributed by atoms with Crippen LogP contribution in [-0.2, 0) is 9.09 Å². The van der Waals surface area contributed by atoms with Crippen LogP contribution in [0.3, 0.4) is 0 Å². The van der Waals surface area contributed by atoms with Crippen LogP contribution in [0.25, 0.3) is 0 Å². The zero-order valence-corrected chi connectivity index (χ0v) is 7.35. The van der Waals surface area contributed by atoms with Crippen LogP contribution >= 0.6 is 7.82 Å². The SMILES string of the molecule is CCOP(=O)(O)On1ccnc1.[NaH]. The van der Waals surface area contributed by atoms with Crippen molar-refractivity contribution in [2.24, 2.45) is 0 Å². The van der Waals surface area contributed by atoms with Crippen molar-refractivity contribution in [3.8, 4) is 0 Å². The first-order valence-corrected chi connectivity index (χ1v) is 4.79. The van der Waals surface area contributed by atoms with E-state index in [0.717, 1.165) is 4.73 Å². The molecule has 70 valence electrons. The summed E-state index contributed by atoms with van der Waals surface area (Å²) in [5, 5.41) is 0. The quantitative estimate of drug-likeness (QED) is 0.557. The van der Waals surface area contributed by atoms with Gasteiger partial charge in [-0.25, -0.2) is 9.55 Å². The van der Waals surface area contributed by atoms with Crippen molar-refractivity contribution in [1.82, 2.24) is 9.71 Å². The van der Waals surface area contributed by atoms with Gasteiger partial charge in [0.1, 0.15) is 6.33 Å². The van der Waals surface area contributed by atoms with E-state index < -0.39 is 7.82 Å². The van der Waals surface area contributed by atoms with Crippen LogP contribution in [-0.4, -0.2) is 50.8 Å². The average Bonchev–Trinajstić information content (AvgIpc) is 2.38. The molecule has 0 aromatic carbocycles. The number of phosphoric ester groups is 1. The second kappa shape index (κ2) is 5.80. The first-order chi connectivity index (χ1) is 5.64. The van der Waals surface area contributed by atoms with E-state index in [1.807, 2.05) is 0 Å². The summed E-state index contributed by atoms with van der Waals surface area (Å²) in [4.78, 5) is 12.6. The molecule has 1 unspecified atom stereocenters. The van der Waals surface area contributed by atoms with Gasteiger partial charge >= 0.3 is 37.4 Å². The van der Waals surface area contributed by atoms with E-state index in [4.69, 9.17) is 4.89 Å². The van der Waals surface area contributed by atoms with Gasteiger partial charge in [0.15, 0.2) is 0 Å². The molecule has 0 fully saturated rings. The molecule has 1 atom stereocenters. The van der Waals surface area contributed by atoms with Gasteiger partial charge in [0.2, 0.25) is 0 Å². The van der Waals surface area contributed by atoms with Crippen LogP contribution in [0.5, 0.6) is 0 Å². The Labute approximate surface area is 97.7 Å². The van der Waals surface area contributed by atoms with Crippen molar-refractivity contribution >= 4 is 37.4 Å². The van der Waals surface area contributed by atoms with E-state index in [9.17, 15) is 4.57 Å². The molecule has 0 spiro atoms. The summed E-state index contributed by atoms with van der Waals surface area (Å²) in [5.41, 5.74) is 0. The number of hydrogen-bond donors (Lipinski definition) is 1. The fourth-order valence-corrected chi connectivity index (χ4v) is 1.31. The van der Waals surface area contributed by atoms with Gasteiger partial charge in [-0.2, -0.15) is 4.73 Å². The third kappa shape index (κ3) is 4.81. The maximum atomic E-state index is 10.9. The Morgan fingerprint density at radius 1 is 1.69 bits per heavy atom. The van der Waals surface area contributed by atoms with Crippen molar-refractivity contribution in [2.45, 2.75) is 6.92 Å². The molecule has 1 heterocycles. The fourth-order valence-electron chi connectivity index (χ4n) is 0.601. The van der Waals surface area contributed by atoms with Gasteiger partial charge in [0, 0.05) is 6.20 Å². The second-order valence-electron chi connectivity index (χ2n) is 1.89. The Balaban J connectivity index is 0.00000144. The first-order valence-electron chi connectivity index (χ1n) is 3.29. The van der Waals surface area contributed by atoms with Crippen LogP contribution in [0.2, 0.25) is 0 Å². The van der Waals surface area contributed by atoms with Gasteiger partial charge in [0.05, 0.1) is 12.8 Å². The van der Waals surface area contributed by atoms with Crippen LogP contribution < -0.4 is 4.62 Å². The van der Waals surface area contributed by atoms with Crippen molar-refractivity contribution in [1.29, 1.82) is 0 Å². The van der Waals surface area contributed by atoms with Gasteiger partial charge in [-0.3, -0.25) is 9.42 Å². The molecule has 0 saturated carbocycles. The van der Waals surface area contributed by atoms with Gasteiger partial charge in [-0.1, -0.05) is 0 Å². The number of rotatable bonds is 4. The molecule has 1 aromatic heterocycles. The Bertz CT molecular complexity index is 278. The van der Waals surface area contributed by atoms with Gasteiger partial charge in [-0.05, 0) is 6.92 Å². The summed E-state index contributed by atoms with van der Waals surface area (Å²) in [6.45, 7) is 1.71. The van der Waals surface area contributed by atoms with Crippen molar-refractivity contribution < 1.29 is 18.6 Å². The van der Waals surface area contributed by atoms with Gasteiger partial charge in [-0.15, -0.1) is 0 Å². The Hall–Kier alpha value is 0.160. The van der Waals surface area contributed by atoms with Gasteiger partial charge < -0.3 is 4.62 Å². The number of phosphoric acid groups is 1. The molecular weight excluding hydrogens is 206 g/mol. The molecule has 0 saturated heterocycles. The fraction of sp³-hybridized carbons (Fsp3) is 0.400. The summed E-state index contributed by atoms with van der Waals surface area (Å²) in [7, 11) is -3.96. The molecule has 0 aliphatic carbocycles. The molecule has 0 amide bonds. The molecule has 6 nitrogen and oxygen atoms in total. The topological polar surface area (TPSA) is 73.6 Å². The maximum absolute atomic E-state index is 10.9. The Morgan fingerprint density at radius 2 is 2.38 bits per heavy atom. The molecule has 0 aliphatic heterocycles. The molecule has 13 heavy (non-hydrogen) atoms. The average molecular weight is 216 g/mol. The first kappa shape index (κ1) is 13.2. The molecule has 1 aromatic rings. The van der Waals surface area contributed by atoms with Crippen LogP contribution in [0.4, 0.5) is 0 Å². The number of aromatic nitrogens is 2. The minimum absolute atomic E-state index is 0. The van der Waals surface area contributed by atoms with E-state index >= 15 is 0 Å². The second-order valence-corrected chi connectivity index (χ2v) is 3.25. The van der Waals surface area contributed by atoms with E-state index in [2.05, 4.69) is 14.1 Å². The summed E-state index contributed by atoms with van der Waals surface area (Å²) >= 11 is 0. The number of imidazole rings is 1. The minimum atomic E-state index is -3.96. The van der Waals surface area contributed by atoms with Crippen LogP contribution in [0.15, 0.2) is 18.7 Å². The van der Waals surface area contributed by atoms with Crippen molar-refractivity contribution in [3.63, 3.8) is 0 Å². The monoisotopic (exact) mass is 216 g/mol. The predicted octanol–water partition coefficient (Wildman–Crippen LogP) is -0.200. The molecular formula is C5H10N2NaO4P. The zero-order chi connectivity index (χ0) is 9.03. The standard InChI is InChI=1S/C5H9N2O4P.Na.H/c1-2-10-12(8,9)11-7-4-3-6-5-7;;/h3-5H,2H2,1H3,(H,8,9);;. The third-order valence-electron chi connectivity index (χ3n) is 0.970. The van der Waals surface area contributed by atoms with E-state index in [1.54, 1.807) is 6.92 Å². The molecule has 0 bridgehead atoms. The van der Waals surface area contributed by atoms with E-state index in [1.165, 1.54) is 18.7 Å². The molecule has 0 aliphatic rings. The molecule has 1 N–H and O–H groups in total. The van der Waals surface area contributed by atoms with Crippen LogP contribution in [0.1, 0.15) is 6.92 Å². The summed E-state index contributed by atoms with van der Waals surface area (Å²) < 4.78 is 20.9. The summed E-state index contributed by atoms with van der Waals surface area (Å²) in [6, 6.07) is 0. The predicted molar refractivity (Wildman–Crippen MR) is 47.4 cm³/mol. The molecule has 1 rings (SSSR count). The summed E-state index contributed by atoms with van der Waals surface area (Å²) in [6.07, 6.45) is 4.07. The number of nitrogens with zero attached hydrogens (tertiary/aromatic N) is 2. The van der Waals surface area contributed by atoms with Crippen molar-refractivity contribution in [2.75, 3.05) is 6.61 Å². The molecule has 8 heteroatoms. The zero-order valence-electron chi connectivity index (χ0n) is 6.45. The van der Waals surface area contributed by atoms with Crippen molar-refractivity contribution in [3.05, 3.63) is 18.7 Å². The summed E-state index contributed by atoms with van der Waals surface area (Å²) in [5.74, 6) is 0. The normalized spacial score (nSPS) is 14.3. The third-order valence-corrected chi connectivity index (χ3v) is 1.95. The van der Waals surface area contributed by atoms with Crippen LogP contribution in [0, 0.1) is 0 Å². The van der Waals surface area contributed by atoms with Gasteiger partial charge in [0.25, 0.3) is 0 Å². The molecule has 0 radical (unpaired) electrons. The Kier molecular flexibility index (Phi) is 5.87. The number of hydrogen-bond acceptors (Lipinski definition) is 4.